The lowest BCUT2D eigenvalue weighted by molar-refractivity contribution is -0.130. The van der Waals surface area contributed by atoms with Gasteiger partial charge in [0.2, 0.25) is 0 Å². The van der Waals surface area contributed by atoms with Crippen LogP contribution in [-0.4, -0.2) is 17.0 Å². The molecule has 2 heteroatoms. The van der Waals surface area contributed by atoms with Crippen LogP contribution in [0.4, 0.5) is 0 Å². The number of hydrogen-bond acceptors (Lipinski definition) is 2. The molecule has 1 atom stereocenters. The van der Waals surface area contributed by atoms with Gasteiger partial charge in [-0.3, -0.25) is 4.79 Å². The van der Waals surface area contributed by atoms with Crippen LogP contribution >= 0.6 is 0 Å². The topological polar surface area (TPSA) is 37.3 Å². The minimum atomic E-state index is -0.721. The van der Waals surface area contributed by atoms with Crippen LogP contribution in [0.3, 0.4) is 0 Å². The smallest absolute Gasteiger partial charge is 0.161 e. The van der Waals surface area contributed by atoms with E-state index in [0.717, 1.165) is 25.7 Å². The molecule has 0 heterocycles. The number of aliphatic hydroxyl groups excluding tert-OH is 1. The van der Waals surface area contributed by atoms with Gasteiger partial charge in [-0.2, -0.15) is 0 Å². The Morgan fingerprint density at radius 2 is 1.67 bits per heavy atom. The number of ketones is 1. The van der Waals surface area contributed by atoms with Gasteiger partial charge in [-0.1, -0.05) is 52.9 Å². The van der Waals surface area contributed by atoms with Crippen molar-refractivity contribution in [3.05, 3.63) is 0 Å². The standard InChI is InChI=1S/C13H26O2/c1-4-7-8-9-10-12(14)13(15)11(5-2)6-3/h11,13,15H,4-10H2,1-3H3. The highest BCUT2D eigenvalue weighted by atomic mass is 16.3. The summed E-state index contributed by atoms with van der Waals surface area (Å²) in [5.74, 6) is 0.198. The summed E-state index contributed by atoms with van der Waals surface area (Å²) in [7, 11) is 0. The number of rotatable bonds is 9. The molecule has 0 fully saturated rings. The lowest BCUT2D eigenvalue weighted by atomic mass is 9.91. The number of aliphatic hydroxyl groups is 1. The van der Waals surface area contributed by atoms with E-state index in [2.05, 4.69) is 6.92 Å². The average molecular weight is 214 g/mol. The summed E-state index contributed by atoms with van der Waals surface area (Å²) in [6.45, 7) is 6.21. The summed E-state index contributed by atoms with van der Waals surface area (Å²) in [4.78, 5) is 11.6. The van der Waals surface area contributed by atoms with Crippen molar-refractivity contribution in [1.82, 2.24) is 0 Å². The molecule has 0 amide bonds. The predicted octanol–water partition coefficient (Wildman–Crippen LogP) is 3.32. The Labute approximate surface area is 94.1 Å². The van der Waals surface area contributed by atoms with E-state index in [1.165, 1.54) is 12.8 Å². The zero-order chi connectivity index (χ0) is 11.7. The van der Waals surface area contributed by atoms with Crippen molar-refractivity contribution in [2.24, 2.45) is 5.92 Å². The third kappa shape index (κ3) is 5.93. The fourth-order valence-corrected chi connectivity index (χ4v) is 1.87. The Morgan fingerprint density at radius 1 is 1.07 bits per heavy atom. The largest absolute Gasteiger partial charge is 0.385 e. The molecule has 90 valence electrons. The van der Waals surface area contributed by atoms with Crippen molar-refractivity contribution in [3.63, 3.8) is 0 Å². The van der Waals surface area contributed by atoms with Crippen molar-refractivity contribution in [1.29, 1.82) is 0 Å². The Bertz CT molecular complexity index is 162. The van der Waals surface area contributed by atoms with Gasteiger partial charge in [-0.05, 0) is 12.3 Å². The molecule has 0 rings (SSSR count). The van der Waals surface area contributed by atoms with Crippen LogP contribution in [0, 0.1) is 5.92 Å². The van der Waals surface area contributed by atoms with Gasteiger partial charge in [-0.25, -0.2) is 0 Å². The van der Waals surface area contributed by atoms with Gasteiger partial charge in [0.1, 0.15) is 6.10 Å². The predicted molar refractivity (Wildman–Crippen MR) is 63.8 cm³/mol. The van der Waals surface area contributed by atoms with Crippen molar-refractivity contribution < 1.29 is 9.90 Å². The highest BCUT2D eigenvalue weighted by Crippen LogP contribution is 2.16. The molecule has 0 radical (unpaired) electrons. The van der Waals surface area contributed by atoms with Gasteiger partial charge in [0.15, 0.2) is 5.78 Å². The van der Waals surface area contributed by atoms with Crippen molar-refractivity contribution in [3.8, 4) is 0 Å². The molecule has 0 aliphatic carbocycles. The average Bonchev–Trinajstić information content (AvgIpc) is 2.25. The maximum Gasteiger partial charge on any atom is 0.161 e. The van der Waals surface area contributed by atoms with Gasteiger partial charge in [-0.15, -0.1) is 0 Å². The van der Waals surface area contributed by atoms with E-state index in [1.807, 2.05) is 13.8 Å². The molecule has 1 N–H and O–H groups in total. The summed E-state index contributed by atoms with van der Waals surface area (Å²) in [6.07, 6.45) is 6.02. The summed E-state index contributed by atoms with van der Waals surface area (Å²) in [5.41, 5.74) is 0. The van der Waals surface area contributed by atoms with Crippen LogP contribution < -0.4 is 0 Å². The first-order valence-electron chi connectivity index (χ1n) is 6.38. The fraction of sp³-hybridized carbons (Fsp3) is 0.923. The van der Waals surface area contributed by atoms with Crippen LogP contribution in [0.15, 0.2) is 0 Å². The SMILES string of the molecule is CCCCCCC(=O)C(O)C(CC)CC. The number of carbonyl (C=O) groups excluding carboxylic acids is 1. The Kier molecular flexibility index (Phi) is 8.68. The first kappa shape index (κ1) is 14.6. The molecular weight excluding hydrogens is 188 g/mol. The minimum absolute atomic E-state index is 0.0415. The molecule has 0 aromatic heterocycles. The molecule has 0 aliphatic heterocycles. The van der Waals surface area contributed by atoms with Crippen LogP contribution in [0.1, 0.15) is 65.7 Å². The Morgan fingerprint density at radius 3 is 2.13 bits per heavy atom. The molecule has 1 unspecified atom stereocenters. The lowest BCUT2D eigenvalue weighted by Gasteiger charge is -2.18. The fourth-order valence-electron chi connectivity index (χ4n) is 1.87. The lowest BCUT2D eigenvalue weighted by Crippen LogP contribution is -2.28. The summed E-state index contributed by atoms with van der Waals surface area (Å²) >= 11 is 0. The zero-order valence-electron chi connectivity index (χ0n) is 10.5. The molecule has 0 aliphatic rings. The molecule has 0 aromatic rings. The van der Waals surface area contributed by atoms with E-state index in [-0.39, 0.29) is 11.7 Å². The number of hydrogen-bond donors (Lipinski definition) is 1. The molecular formula is C13H26O2. The van der Waals surface area contributed by atoms with Gasteiger partial charge in [0.05, 0.1) is 0 Å². The van der Waals surface area contributed by atoms with Crippen molar-refractivity contribution in [2.75, 3.05) is 0 Å². The minimum Gasteiger partial charge on any atom is -0.385 e. The van der Waals surface area contributed by atoms with Crippen molar-refractivity contribution in [2.45, 2.75) is 71.8 Å². The normalized spacial score (nSPS) is 13.1. The molecule has 0 aromatic carbocycles. The molecule has 0 bridgehead atoms. The van der Waals surface area contributed by atoms with E-state index in [9.17, 15) is 9.90 Å². The Balaban J connectivity index is 3.77. The number of carbonyl (C=O) groups is 1. The molecule has 0 saturated carbocycles. The summed E-state index contributed by atoms with van der Waals surface area (Å²) < 4.78 is 0. The number of Topliss-reactive ketones (excluding diaryl/α,β-unsaturated/α-hetero) is 1. The van der Waals surface area contributed by atoms with Gasteiger partial charge < -0.3 is 5.11 Å². The molecule has 0 saturated heterocycles. The highest BCUT2D eigenvalue weighted by molar-refractivity contribution is 5.83. The van der Waals surface area contributed by atoms with Crippen LogP contribution in [0.2, 0.25) is 0 Å². The third-order valence-corrected chi connectivity index (χ3v) is 3.10. The highest BCUT2D eigenvalue weighted by Gasteiger charge is 2.22. The maximum absolute atomic E-state index is 11.6. The first-order chi connectivity index (χ1) is 7.17. The van der Waals surface area contributed by atoms with E-state index in [1.54, 1.807) is 0 Å². The van der Waals surface area contributed by atoms with E-state index in [4.69, 9.17) is 0 Å². The maximum atomic E-state index is 11.6. The second kappa shape index (κ2) is 8.90. The third-order valence-electron chi connectivity index (χ3n) is 3.10. The van der Waals surface area contributed by atoms with Gasteiger partial charge in [0.25, 0.3) is 0 Å². The van der Waals surface area contributed by atoms with Crippen LogP contribution in [-0.2, 0) is 4.79 Å². The van der Waals surface area contributed by atoms with Gasteiger partial charge >= 0.3 is 0 Å². The van der Waals surface area contributed by atoms with E-state index in [0.29, 0.717) is 6.42 Å². The van der Waals surface area contributed by atoms with Crippen LogP contribution in [0.25, 0.3) is 0 Å². The molecule has 0 spiro atoms. The second-order valence-corrected chi connectivity index (χ2v) is 4.30. The zero-order valence-corrected chi connectivity index (χ0v) is 10.5. The second-order valence-electron chi connectivity index (χ2n) is 4.30. The van der Waals surface area contributed by atoms with Gasteiger partial charge in [0, 0.05) is 6.42 Å². The summed E-state index contributed by atoms with van der Waals surface area (Å²) in [6, 6.07) is 0. The number of unbranched alkanes of at least 4 members (excludes halogenated alkanes) is 3. The van der Waals surface area contributed by atoms with E-state index >= 15 is 0 Å². The quantitative estimate of drug-likeness (QED) is 0.598. The van der Waals surface area contributed by atoms with Crippen molar-refractivity contribution >= 4 is 5.78 Å². The Hall–Kier alpha value is -0.370. The molecule has 2 nitrogen and oxygen atoms in total. The molecule has 15 heavy (non-hydrogen) atoms. The van der Waals surface area contributed by atoms with Crippen LogP contribution in [0.5, 0.6) is 0 Å². The first-order valence-corrected chi connectivity index (χ1v) is 6.38. The monoisotopic (exact) mass is 214 g/mol. The van der Waals surface area contributed by atoms with E-state index < -0.39 is 6.10 Å². The summed E-state index contributed by atoms with van der Waals surface area (Å²) in [5, 5.41) is 9.78.